The van der Waals surface area contributed by atoms with Crippen molar-refractivity contribution in [3.8, 4) is 11.3 Å². The van der Waals surface area contributed by atoms with Crippen molar-refractivity contribution in [1.29, 1.82) is 0 Å². The molecule has 0 radical (unpaired) electrons. The highest BCUT2D eigenvalue weighted by atomic mass is 32.2. The summed E-state index contributed by atoms with van der Waals surface area (Å²) in [7, 11) is 1.34. The summed E-state index contributed by atoms with van der Waals surface area (Å²) in [6.07, 6.45) is 6.68. The van der Waals surface area contributed by atoms with Gasteiger partial charge >= 0.3 is 5.97 Å². The Morgan fingerprint density at radius 3 is 2.52 bits per heavy atom. The number of methoxy groups -OCH3 is 1. The standard InChI is InChI=1S/C22H21NO5S/c1-27-21(25)15-9-7-14(8-10-15)18-12-11-17(28-18)13-19-20(24)23(22(26)29-19)16-5-3-2-4-6-16/h7-13,16H,2-6H2,1H3. The van der Waals surface area contributed by atoms with Gasteiger partial charge in [-0.3, -0.25) is 14.5 Å². The molecule has 1 saturated carbocycles. The molecule has 0 unspecified atom stereocenters. The predicted octanol–water partition coefficient (Wildman–Crippen LogP) is 5.10. The maximum absolute atomic E-state index is 12.8. The molecular formula is C22H21NO5S. The highest BCUT2D eigenvalue weighted by molar-refractivity contribution is 8.18. The first-order chi connectivity index (χ1) is 14.1. The van der Waals surface area contributed by atoms with Gasteiger partial charge in [0.15, 0.2) is 0 Å². The Morgan fingerprint density at radius 1 is 1.10 bits per heavy atom. The first kappa shape index (κ1) is 19.5. The average molecular weight is 411 g/mol. The van der Waals surface area contributed by atoms with Crippen LogP contribution in [-0.4, -0.2) is 35.2 Å². The summed E-state index contributed by atoms with van der Waals surface area (Å²) in [6.45, 7) is 0. The Hall–Kier alpha value is -2.80. The first-order valence-electron chi connectivity index (χ1n) is 9.62. The zero-order valence-electron chi connectivity index (χ0n) is 16.1. The number of imide groups is 1. The molecule has 2 fully saturated rings. The van der Waals surface area contributed by atoms with E-state index in [9.17, 15) is 14.4 Å². The Labute approximate surface area is 172 Å². The van der Waals surface area contributed by atoms with Crippen molar-refractivity contribution in [2.75, 3.05) is 7.11 Å². The van der Waals surface area contributed by atoms with Crippen molar-refractivity contribution in [1.82, 2.24) is 4.90 Å². The summed E-state index contributed by atoms with van der Waals surface area (Å²) in [5, 5.41) is -0.196. The van der Waals surface area contributed by atoms with E-state index in [0.29, 0.717) is 22.0 Å². The number of carbonyl (C=O) groups excluding carboxylic acids is 3. The van der Waals surface area contributed by atoms with Gasteiger partial charge in [-0.1, -0.05) is 31.4 Å². The zero-order chi connectivity index (χ0) is 20.4. The van der Waals surface area contributed by atoms with Gasteiger partial charge in [0.2, 0.25) is 0 Å². The van der Waals surface area contributed by atoms with Crippen molar-refractivity contribution >= 4 is 35.0 Å². The fourth-order valence-electron chi connectivity index (χ4n) is 3.74. The number of thioether (sulfide) groups is 1. The van der Waals surface area contributed by atoms with E-state index in [2.05, 4.69) is 0 Å². The van der Waals surface area contributed by atoms with Crippen molar-refractivity contribution < 1.29 is 23.5 Å². The van der Waals surface area contributed by atoms with E-state index in [1.165, 1.54) is 18.4 Å². The van der Waals surface area contributed by atoms with Gasteiger partial charge in [0.1, 0.15) is 11.5 Å². The monoisotopic (exact) mass is 411 g/mol. The lowest BCUT2D eigenvalue weighted by Crippen LogP contribution is -2.39. The molecule has 1 aliphatic carbocycles. The Bertz CT molecular complexity index is 969. The number of nitrogens with zero attached hydrogens (tertiary/aromatic N) is 1. The highest BCUT2D eigenvalue weighted by Gasteiger charge is 2.40. The van der Waals surface area contributed by atoms with E-state index in [-0.39, 0.29) is 17.2 Å². The van der Waals surface area contributed by atoms with Crippen molar-refractivity contribution in [3.63, 3.8) is 0 Å². The van der Waals surface area contributed by atoms with Crippen LogP contribution in [-0.2, 0) is 9.53 Å². The van der Waals surface area contributed by atoms with Crippen LogP contribution < -0.4 is 0 Å². The molecule has 1 aliphatic heterocycles. The third-order valence-electron chi connectivity index (χ3n) is 5.25. The molecule has 6 nitrogen and oxygen atoms in total. The summed E-state index contributed by atoms with van der Waals surface area (Å²) >= 11 is 0.970. The molecule has 2 aliphatic rings. The molecule has 0 spiro atoms. The molecular weight excluding hydrogens is 390 g/mol. The van der Waals surface area contributed by atoms with Crippen LogP contribution in [0.25, 0.3) is 17.4 Å². The minimum atomic E-state index is -0.398. The van der Waals surface area contributed by atoms with E-state index in [0.717, 1.165) is 43.0 Å². The lowest BCUT2D eigenvalue weighted by atomic mass is 9.94. The predicted molar refractivity (Wildman–Crippen MR) is 110 cm³/mol. The summed E-state index contributed by atoms with van der Waals surface area (Å²) in [5.41, 5.74) is 1.26. The number of benzene rings is 1. The normalized spacial score (nSPS) is 19.2. The summed E-state index contributed by atoms with van der Waals surface area (Å²) in [5.74, 6) is 0.489. The number of ether oxygens (including phenoxy) is 1. The van der Waals surface area contributed by atoms with Crippen LogP contribution >= 0.6 is 11.8 Å². The molecule has 7 heteroatoms. The molecule has 1 aromatic carbocycles. The van der Waals surface area contributed by atoms with E-state index >= 15 is 0 Å². The Morgan fingerprint density at radius 2 is 1.83 bits per heavy atom. The van der Waals surface area contributed by atoms with Gasteiger partial charge in [0.05, 0.1) is 17.6 Å². The molecule has 29 heavy (non-hydrogen) atoms. The molecule has 0 N–H and O–H groups in total. The molecule has 1 saturated heterocycles. The maximum Gasteiger partial charge on any atom is 0.337 e. The lowest BCUT2D eigenvalue weighted by Gasteiger charge is -2.28. The molecule has 0 atom stereocenters. The molecule has 2 heterocycles. The molecule has 1 aromatic heterocycles. The summed E-state index contributed by atoms with van der Waals surface area (Å²) in [4.78, 5) is 38.5. The summed E-state index contributed by atoms with van der Waals surface area (Å²) in [6, 6.07) is 10.4. The average Bonchev–Trinajstić information content (AvgIpc) is 3.32. The third kappa shape index (κ3) is 4.00. The number of rotatable bonds is 4. The molecule has 4 rings (SSSR count). The van der Waals surface area contributed by atoms with Gasteiger partial charge in [-0.2, -0.15) is 0 Å². The molecule has 0 bridgehead atoms. The van der Waals surface area contributed by atoms with Gasteiger partial charge in [-0.15, -0.1) is 0 Å². The second-order valence-electron chi connectivity index (χ2n) is 7.11. The quantitative estimate of drug-likeness (QED) is 0.514. The second kappa shape index (κ2) is 8.29. The minimum Gasteiger partial charge on any atom is -0.465 e. The maximum atomic E-state index is 12.8. The largest absolute Gasteiger partial charge is 0.465 e. The van der Waals surface area contributed by atoms with E-state index < -0.39 is 5.97 Å². The fraction of sp³-hybridized carbons (Fsp3) is 0.318. The van der Waals surface area contributed by atoms with Crippen LogP contribution in [0.5, 0.6) is 0 Å². The first-order valence-corrected chi connectivity index (χ1v) is 10.4. The van der Waals surface area contributed by atoms with Crippen LogP contribution in [0.4, 0.5) is 4.79 Å². The van der Waals surface area contributed by atoms with Gasteiger partial charge in [0, 0.05) is 17.7 Å². The van der Waals surface area contributed by atoms with Crippen molar-refractivity contribution in [2.24, 2.45) is 0 Å². The van der Waals surface area contributed by atoms with Gasteiger partial charge in [-0.25, -0.2) is 4.79 Å². The lowest BCUT2D eigenvalue weighted by molar-refractivity contribution is -0.124. The second-order valence-corrected chi connectivity index (χ2v) is 8.11. The van der Waals surface area contributed by atoms with Crippen molar-refractivity contribution in [3.05, 3.63) is 52.6 Å². The SMILES string of the molecule is COC(=O)c1ccc(-c2ccc(C=C3SC(=O)N(C4CCCCC4)C3=O)o2)cc1. The van der Waals surface area contributed by atoms with Crippen LogP contribution in [0.15, 0.2) is 45.7 Å². The minimum absolute atomic E-state index is 0.0163. The van der Waals surface area contributed by atoms with E-state index in [1.807, 2.05) is 0 Å². The topological polar surface area (TPSA) is 76.8 Å². The molecule has 150 valence electrons. The van der Waals surface area contributed by atoms with Crippen LogP contribution in [0.2, 0.25) is 0 Å². The fourth-order valence-corrected chi connectivity index (χ4v) is 4.62. The van der Waals surface area contributed by atoms with Gasteiger partial charge in [0.25, 0.3) is 11.1 Å². The van der Waals surface area contributed by atoms with Crippen LogP contribution in [0, 0.1) is 0 Å². The number of hydrogen-bond donors (Lipinski definition) is 0. The van der Waals surface area contributed by atoms with Crippen LogP contribution in [0.1, 0.15) is 48.2 Å². The molecule has 2 aromatic rings. The Kier molecular flexibility index (Phi) is 5.58. The third-order valence-corrected chi connectivity index (χ3v) is 6.14. The number of esters is 1. The van der Waals surface area contributed by atoms with Gasteiger partial charge < -0.3 is 9.15 Å². The number of carbonyl (C=O) groups is 3. The highest BCUT2D eigenvalue weighted by Crippen LogP contribution is 2.37. The van der Waals surface area contributed by atoms with E-state index in [4.69, 9.17) is 9.15 Å². The Balaban J connectivity index is 1.51. The molecule has 2 amide bonds. The van der Waals surface area contributed by atoms with Gasteiger partial charge in [-0.05, 0) is 48.9 Å². The van der Waals surface area contributed by atoms with Crippen molar-refractivity contribution in [2.45, 2.75) is 38.1 Å². The van der Waals surface area contributed by atoms with Crippen LogP contribution in [0.3, 0.4) is 0 Å². The number of amides is 2. The van der Waals surface area contributed by atoms with E-state index in [1.54, 1.807) is 42.5 Å². The summed E-state index contributed by atoms with van der Waals surface area (Å²) < 4.78 is 10.5. The smallest absolute Gasteiger partial charge is 0.337 e. The number of hydrogen-bond acceptors (Lipinski definition) is 6. The number of furan rings is 1. The zero-order valence-corrected chi connectivity index (χ0v) is 16.9.